The first-order valence-corrected chi connectivity index (χ1v) is 13.5. The summed E-state index contributed by atoms with van der Waals surface area (Å²) in [6, 6.07) is 24.5. The van der Waals surface area contributed by atoms with Crippen LogP contribution in [0.15, 0.2) is 89.3 Å². The number of carbonyl (C=O) groups is 1. The lowest BCUT2D eigenvalue weighted by molar-refractivity contribution is -0.112. The van der Waals surface area contributed by atoms with E-state index in [4.69, 9.17) is 8.92 Å². The second kappa shape index (κ2) is 11.0. The SMILES string of the molecule is COc1cc(/C=C(\C#N)C(=O)Nc2ccc3ccccc3c2)cc(I)c1OS(=O)(=O)c1ccc(C)cc1. The molecule has 37 heavy (non-hydrogen) atoms. The number of amides is 1. The van der Waals surface area contributed by atoms with Crippen LogP contribution in [0.1, 0.15) is 11.1 Å². The molecule has 0 aliphatic heterocycles. The molecular formula is C28H21IN2O5S. The van der Waals surface area contributed by atoms with Crippen molar-refractivity contribution in [2.45, 2.75) is 11.8 Å². The van der Waals surface area contributed by atoms with Gasteiger partial charge >= 0.3 is 10.1 Å². The van der Waals surface area contributed by atoms with Crippen molar-refractivity contribution in [1.82, 2.24) is 0 Å². The Morgan fingerprint density at radius 3 is 2.38 bits per heavy atom. The second-order valence-electron chi connectivity index (χ2n) is 8.07. The van der Waals surface area contributed by atoms with E-state index < -0.39 is 16.0 Å². The van der Waals surface area contributed by atoms with Gasteiger partial charge in [0, 0.05) is 5.69 Å². The van der Waals surface area contributed by atoms with E-state index in [-0.39, 0.29) is 22.0 Å². The summed E-state index contributed by atoms with van der Waals surface area (Å²) >= 11 is 1.92. The lowest BCUT2D eigenvalue weighted by Crippen LogP contribution is -2.13. The van der Waals surface area contributed by atoms with E-state index in [0.29, 0.717) is 14.8 Å². The molecule has 0 heterocycles. The number of halogens is 1. The zero-order chi connectivity index (χ0) is 26.6. The van der Waals surface area contributed by atoms with Gasteiger partial charge in [0.1, 0.15) is 16.5 Å². The van der Waals surface area contributed by atoms with Gasteiger partial charge in [-0.3, -0.25) is 4.79 Å². The van der Waals surface area contributed by atoms with Gasteiger partial charge in [0.05, 0.1) is 10.7 Å². The molecular weight excluding hydrogens is 603 g/mol. The molecule has 1 N–H and O–H groups in total. The highest BCUT2D eigenvalue weighted by Crippen LogP contribution is 2.36. The van der Waals surface area contributed by atoms with Crippen molar-refractivity contribution in [3.63, 3.8) is 0 Å². The Morgan fingerprint density at radius 2 is 1.70 bits per heavy atom. The predicted octanol–water partition coefficient (Wildman–Crippen LogP) is 6.07. The normalized spacial score (nSPS) is 11.6. The minimum atomic E-state index is -4.11. The van der Waals surface area contributed by atoms with Crippen molar-refractivity contribution < 1.29 is 22.1 Å². The summed E-state index contributed by atoms with van der Waals surface area (Å²) in [6.45, 7) is 1.85. The van der Waals surface area contributed by atoms with E-state index in [9.17, 15) is 18.5 Å². The molecule has 0 aliphatic carbocycles. The topological polar surface area (TPSA) is 105 Å². The number of nitrogens with zero attached hydrogens (tertiary/aromatic N) is 1. The summed E-state index contributed by atoms with van der Waals surface area (Å²) < 4.78 is 36.8. The monoisotopic (exact) mass is 624 g/mol. The smallest absolute Gasteiger partial charge is 0.339 e. The van der Waals surface area contributed by atoms with Gasteiger partial charge in [0.25, 0.3) is 5.91 Å². The third-order valence-electron chi connectivity index (χ3n) is 5.44. The van der Waals surface area contributed by atoms with Crippen LogP contribution < -0.4 is 14.2 Å². The van der Waals surface area contributed by atoms with Crippen LogP contribution in [0.4, 0.5) is 5.69 Å². The lowest BCUT2D eigenvalue weighted by Gasteiger charge is -2.14. The van der Waals surface area contributed by atoms with Gasteiger partial charge in [-0.2, -0.15) is 13.7 Å². The highest BCUT2D eigenvalue weighted by molar-refractivity contribution is 14.1. The molecule has 0 bridgehead atoms. The molecule has 4 aromatic carbocycles. The standard InChI is InChI=1S/C28H21IN2O5S/c1-18-7-11-24(12-8-18)37(33,34)36-27-25(29)14-19(15-26(27)35-2)13-22(17-30)28(32)31-23-10-9-20-5-3-4-6-21(20)16-23/h3-16H,1-2H3,(H,31,32)/b22-13+. The van der Waals surface area contributed by atoms with E-state index in [0.717, 1.165) is 16.3 Å². The van der Waals surface area contributed by atoms with Crippen LogP contribution in [0.3, 0.4) is 0 Å². The van der Waals surface area contributed by atoms with Gasteiger partial charge in [-0.25, -0.2) is 0 Å². The molecule has 0 spiro atoms. The Kier molecular flexibility index (Phi) is 7.80. The van der Waals surface area contributed by atoms with Crippen LogP contribution in [0.2, 0.25) is 0 Å². The minimum absolute atomic E-state index is 0.0112. The Hall–Kier alpha value is -3.88. The van der Waals surface area contributed by atoms with Crippen molar-refractivity contribution >= 4 is 61.2 Å². The summed E-state index contributed by atoms with van der Waals surface area (Å²) in [7, 11) is -2.73. The maximum atomic E-state index is 12.8. The first kappa shape index (κ1) is 26.2. The summed E-state index contributed by atoms with van der Waals surface area (Å²) in [5.41, 5.74) is 1.81. The third-order valence-corrected chi connectivity index (χ3v) is 7.47. The molecule has 0 saturated carbocycles. The number of rotatable bonds is 7. The van der Waals surface area contributed by atoms with Crippen LogP contribution in [0.25, 0.3) is 16.8 Å². The zero-order valence-corrected chi connectivity index (χ0v) is 22.8. The summed E-state index contributed by atoms with van der Waals surface area (Å²) in [5.74, 6) is -0.421. The van der Waals surface area contributed by atoms with Gasteiger partial charge < -0.3 is 14.2 Å². The second-order valence-corrected chi connectivity index (χ2v) is 10.8. The molecule has 4 rings (SSSR count). The fraction of sp³-hybridized carbons (Fsp3) is 0.0714. The molecule has 0 unspecified atom stereocenters. The molecule has 0 saturated heterocycles. The van der Waals surface area contributed by atoms with Crippen LogP contribution in [-0.2, 0) is 14.9 Å². The van der Waals surface area contributed by atoms with Crippen molar-refractivity contribution in [2.24, 2.45) is 0 Å². The van der Waals surface area contributed by atoms with Crippen molar-refractivity contribution in [3.05, 3.63) is 99.1 Å². The highest BCUT2D eigenvalue weighted by Gasteiger charge is 2.22. The van der Waals surface area contributed by atoms with Crippen molar-refractivity contribution in [3.8, 4) is 17.6 Å². The molecule has 7 nitrogen and oxygen atoms in total. The maximum absolute atomic E-state index is 12.8. The largest absolute Gasteiger partial charge is 0.493 e. The van der Waals surface area contributed by atoms with Crippen molar-refractivity contribution in [1.29, 1.82) is 5.26 Å². The first-order chi connectivity index (χ1) is 17.7. The number of anilines is 1. The molecule has 0 radical (unpaired) electrons. The predicted molar refractivity (Wildman–Crippen MR) is 151 cm³/mol. The average Bonchev–Trinajstić information content (AvgIpc) is 2.88. The minimum Gasteiger partial charge on any atom is -0.493 e. The van der Waals surface area contributed by atoms with E-state index in [1.54, 1.807) is 24.3 Å². The summed E-state index contributed by atoms with van der Waals surface area (Å²) in [4.78, 5) is 12.8. The van der Waals surface area contributed by atoms with Gasteiger partial charge in [-0.1, -0.05) is 48.0 Å². The number of ether oxygens (including phenoxy) is 1. The number of hydrogen-bond acceptors (Lipinski definition) is 6. The fourth-order valence-electron chi connectivity index (χ4n) is 3.55. The van der Waals surface area contributed by atoms with Gasteiger partial charge in [0.2, 0.25) is 0 Å². The first-order valence-electron chi connectivity index (χ1n) is 11.0. The average molecular weight is 624 g/mol. The maximum Gasteiger partial charge on any atom is 0.339 e. The summed E-state index contributed by atoms with van der Waals surface area (Å²) in [5, 5.41) is 14.4. The molecule has 0 fully saturated rings. The van der Waals surface area contributed by atoms with Gasteiger partial charge in [0.15, 0.2) is 11.5 Å². The third kappa shape index (κ3) is 6.10. The Labute approximate surface area is 228 Å². The number of hydrogen-bond donors (Lipinski definition) is 1. The molecule has 9 heteroatoms. The Balaban J connectivity index is 1.60. The van der Waals surface area contributed by atoms with E-state index in [1.165, 1.54) is 31.4 Å². The van der Waals surface area contributed by atoms with E-state index in [1.807, 2.05) is 72.0 Å². The molecule has 0 aromatic heterocycles. The van der Waals surface area contributed by atoms with Crippen LogP contribution in [0.5, 0.6) is 11.5 Å². The lowest BCUT2D eigenvalue weighted by atomic mass is 10.1. The number of nitriles is 1. The quantitative estimate of drug-likeness (QED) is 0.116. The van der Waals surface area contributed by atoms with Gasteiger partial charge in [-0.05, 0) is 88.3 Å². The van der Waals surface area contributed by atoms with E-state index in [2.05, 4.69) is 5.32 Å². The van der Waals surface area contributed by atoms with Crippen molar-refractivity contribution in [2.75, 3.05) is 12.4 Å². The summed E-state index contributed by atoms with van der Waals surface area (Å²) in [6.07, 6.45) is 1.40. The van der Waals surface area contributed by atoms with Crippen LogP contribution >= 0.6 is 22.6 Å². The molecule has 0 atom stereocenters. The highest BCUT2D eigenvalue weighted by atomic mass is 127. The number of carbonyl (C=O) groups excluding carboxylic acids is 1. The molecule has 0 aliphatic rings. The number of benzene rings is 4. The molecule has 186 valence electrons. The van der Waals surface area contributed by atoms with E-state index >= 15 is 0 Å². The van der Waals surface area contributed by atoms with Crippen LogP contribution in [0, 0.1) is 21.8 Å². The van der Waals surface area contributed by atoms with Crippen LogP contribution in [-0.4, -0.2) is 21.4 Å². The number of nitrogens with one attached hydrogen (secondary N) is 1. The van der Waals surface area contributed by atoms with Gasteiger partial charge in [-0.15, -0.1) is 0 Å². The number of aryl methyl sites for hydroxylation is 1. The molecule has 1 amide bonds. The number of fused-ring (bicyclic) bond motifs is 1. The fourth-order valence-corrected chi connectivity index (χ4v) is 5.39. The molecule has 4 aromatic rings. The number of methoxy groups -OCH3 is 1. The Morgan fingerprint density at radius 1 is 1.00 bits per heavy atom. The zero-order valence-electron chi connectivity index (χ0n) is 19.9. The Bertz CT molecular complexity index is 1670.